The maximum Gasteiger partial charge on any atom is 0.159 e. The van der Waals surface area contributed by atoms with Gasteiger partial charge in [-0.3, -0.25) is 0 Å². The van der Waals surface area contributed by atoms with E-state index in [-0.39, 0.29) is 0 Å². The molecule has 8 aromatic carbocycles. The number of aliphatic imine (C=N–C) groups is 2. The van der Waals surface area contributed by atoms with E-state index in [2.05, 4.69) is 168 Å². The van der Waals surface area contributed by atoms with Crippen molar-refractivity contribution in [3.8, 4) is 27.9 Å². The largest absolute Gasteiger partial charge is 0.454 e. The summed E-state index contributed by atoms with van der Waals surface area (Å²) in [5, 5.41) is 8.12. The van der Waals surface area contributed by atoms with Gasteiger partial charge >= 0.3 is 0 Å². The third kappa shape index (κ3) is 5.32. The van der Waals surface area contributed by atoms with E-state index in [1.165, 1.54) is 33.0 Å². The van der Waals surface area contributed by atoms with Crippen LogP contribution in [0.2, 0.25) is 0 Å². The Morgan fingerprint density at radius 3 is 1.62 bits per heavy atom. The Bertz CT molecular complexity index is 3050. The summed E-state index contributed by atoms with van der Waals surface area (Å²) in [5.41, 5.74) is 12.6. The summed E-state index contributed by atoms with van der Waals surface area (Å²) in [6.45, 7) is 0. The van der Waals surface area contributed by atoms with Gasteiger partial charge in [-0.1, -0.05) is 158 Å². The molecule has 0 spiro atoms. The molecule has 0 saturated heterocycles. The van der Waals surface area contributed by atoms with E-state index in [1.807, 2.05) is 36.4 Å². The lowest BCUT2D eigenvalue weighted by Gasteiger charge is -2.24. The molecule has 3 heterocycles. The monoisotopic (exact) mass is 718 g/mol. The second-order valence-electron chi connectivity index (χ2n) is 14.2. The first kappa shape index (κ1) is 32.0. The van der Waals surface area contributed by atoms with Crippen molar-refractivity contribution in [2.75, 3.05) is 0 Å². The molecule has 5 nitrogen and oxygen atoms in total. The Hall–Kier alpha value is -7.50. The van der Waals surface area contributed by atoms with Gasteiger partial charge in [-0.25, -0.2) is 9.98 Å². The summed E-state index contributed by atoms with van der Waals surface area (Å²) in [4.78, 5) is 10.2. The first-order chi connectivity index (χ1) is 27.8. The maximum atomic E-state index is 6.92. The highest BCUT2D eigenvalue weighted by atomic mass is 16.3. The van der Waals surface area contributed by atoms with Crippen LogP contribution in [-0.4, -0.2) is 16.2 Å². The number of rotatable bonds is 6. The van der Waals surface area contributed by atoms with Crippen molar-refractivity contribution >= 4 is 55.4 Å². The molecule has 2 aromatic heterocycles. The van der Waals surface area contributed by atoms with Gasteiger partial charge in [-0.05, 0) is 58.7 Å². The third-order valence-corrected chi connectivity index (χ3v) is 10.9. The fraction of sp³-hybridized carbons (Fsp3) is 0.0196. The predicted octanol–water partition coefficient (Wildman–Crippen LogP) is 12.5. The first-order valence-corrected chi connectivity index (χ1v) is 18.9. The molecule has 5 heteroatoms. The van der Waals surface area contributed by atoms with Gasteiger partial charge < -0.3 is 14.3 Å². The smallest absolute Gasteiger partial charge is 0.159 e. The van der Waals surface area contributed by atoms with Crippen molar-refractivity contribution in [2.45, 2.75) is 6.17 Å². The van der Waals surface area contributed by atoms with Crippen LogP contribution in [0, 0.1) is 0 Å². The number of para-hydroxylation sites is 1. The molecular formula is C51H34N4O. The number of furan rings is 1. The zero-order valence-electron chi connectivity index (χ0n) is 30.3. The van der Waals surface area contributed by atoms with E-state index in [0.717, 1.165) is 61.2 Å². The third-order valence-electron chi connectivity index (χ3n) is 10.9. The minimum absolute atomic E-state index is 0.396. The van der Waals surface area contributed by atoms with Crippen LogP contribution in [0.1, 0.15) is 22.9 Å². The molecule has 11 rings (SSSR count). The summed E-state index contributed by atoms with van der Waals surface area (Å²) in [5.74, 6) is 1.47. The lowest BCUT2D eigenvalue weighted by Crippen LogP contribution is -2.33. The second kappa shape index (κ2) is 13.1. The first-order valence-electron chi connectivity index (χ1n) is 18.9. The van der Waals surface area contributed by atoms with Gasteiger partial charge in [0.25, 0.3) is 0 Å². The minimum Gasteiger partial charge on any atom is -0.454 e. The molecule has 1 atom stereocenters. The Morgan fingerprint density at radius 2 is 1.02 bits per heavy atom. The number of nitrogens with one attached hydrogen (secondary N) is 1. The van der Waals surface area contributed by atoms with Crippen molar-refractivity contribution < 1.29 is 4.42 Å². The van der Waals surface area contributed by atoms with Gasteiger partial charge in [0.15, 0.2) is 11.4 Å². The molecule has 0 radical (unpaired) electrons. The lowest BCUT2D eigenvalue weighted by atomic mass is 10.0. The molecule has 1 N–H and O–H groups in total. The summed E-state index contributed by atoms with van der Waals surface area (Å²) in [6, 6.07) is 68.0. The highest BCUT2D eigenvalue weighted by Gasteiger charge is 2.26. The maximum absolute atomic E-state index is 6.92. The fourth-order valence-corrected chi connectivity index (χ4v) is 8.24. The van der Waals surface area contributed by atoms with Gasteiger partial charge in [0.05, 0.1) is 16.7 Å². The van der Waals surface area contributed by atoms with Crippen molar-refractivity contribution in [3.63, 3.8) is 0 Å². The molecule has 0 saturated carbocycles. The number of hydrogen-bond donors (Lipinski definition) is 1. The molecule has 1 unspecified atom stereocenters. The average molecular weight is 719 g/mol. The van der Waals surface area contributed by atoms with Gasteiger partial charge in [-0.2, -0.15) is 0 Å². The zero-order chi connectivity index (χ0) is 37.0. The molecule has 1 aliphatic rings. The van der Waals surface area contributed by atoms with Crippen LogP contribution in [0.15, 0.2) is 209 Å². The molecule has 56 heavy (non-hydrogen) atoms. The van der Waals surface area contributed by atoms with Crippen LogP contribution in [0.4, 0.5) is 0 Å². The zero-order valence-corrected chi connectivity index (χ0v) is 30.3. The minimum atomic E-state index is -0.396. The number of benzene rings is 8. The molecule has 0 fully saturated rings. The highest BCUT2D eigenvalue weighted by Crippen LogP contribution is 2.42. The summed E-state index contributed by atoms with van der Waals surface area (Å²) in [7, 11) is 0. The Labute approximate surface area is 323 Å². The molecule has 0 aliphatic carbocycles. The van der Waals surface area contributed by atoms with E-state index in [9.17, 15) is 0 Å². The standard InChI is InChI=1S/C51H34N4O/c1-5-15-33(16-6-1)37-27-29-43-41(31-37)42-32-38(34-17-7-2-8-18-34)28-30-44(42)55(43)45-25-13-23-39-47-40(24-14-26-46(47)56-48(39)45)51-53-49(35-19-9-3-10-20-35)52-50(54-51)36-21-11-4-12-22-36/h1-32,51H,(H,52,53,54). The Kier molecular flexibility index (Phi) is 7.49. The molecular weight excluding hydrogens is 685 g/mol. The second-order valence-corrected chi connectivity index (χ2v) is 14.2. The number of nitrogens with zero attached hydrogens (tertiary/aromatic N) is 3. The fourth-order valence-electron chi connectivity index (χ4n) is 8.24. The summed E-state index contributed by atoms with van der Waals surface area (Å²) in [6.07, 6.45) is -0.396. The van der Waals surface area contributed by atoms with Crippen LogP contribution < -0.4 is 5.32 Å². The molecule has 0 amide bonds. The van der Waals surface area contributed by atoms with Gasteiger partial charge in [-0.15, -0.1) is 0 Å². The summed E-state index contributed by atoms with van der Waals surface area (Å²) < 4.78 is 9.28. The van der Waals surface area contributed by atoms with Gasteiger partial charge in [0.1, 0.15) is 17.6 Å². The highest BCUT2D eigenvalue weighted by molar-refractivity contribution is 6.16. The van der Waals surface area contributed by atoms with Crippen molar-refractivity contribution in [1.29, 1.82) is 0 Å². The normalized spacial score (nSPS) is 14.2. The van der Waals surface area contributed by atoms with Crippen LogP contribution in [0.5, 0.6) is 0 Å². The van der Waals surface area contributed by atoms with Crippen molar-refractivity contribution in [2.24, 2.45) is 9.98 Å². The van der Waals surface area contributed by atoms with E-state index in [4.69, 9.17) is 14.4 Å². The Morgan fingerprint density at radius 1 is 0.464 bits per heavy atom. The van der Waals surface area contributed by atoms with Crippen molar-refractivity contribution in [1.82, 2.24) is 9.88 Å². The van der Waals surface area contributed by atoms with Crippen LogP contribution in [0.25, 0.3) is 71.7 Å². The van der Waals surface area contributed by atoms with Crippen LogP contribution >= 0.6 is 0 Å². The van der Waals surface area contributed by atoms with E-state index < -0.39 is 6.17 Å². The molecule has 0 bridgehead atoms. The van der Waals surface area contributed by atoms with Crippen LogP contribution in [0.3, 0.4) is 0 Å². The van der Waals surface area contributed by atoms with Crippen molar-refractivity contribution in [3.05, 3.63) is 211 Å². The topological polar surface area (TPSA) is 54.8 Å². The molecule has 264 valence electrons. The molecule has 1 aliphatic heterocycles. The van der Waals surface area contributed by atoms with Crippen LogP contribution in [-0.2, 0) is 0 Å². The molecule has 10 aromatic rings. The summed E-state index contributed by atoms with van der Waals surface area (Å²) >= 11 is 0. The number of amidine groups is 2. The SMILES string of the molecule is c1ccc(C2=NC(c3cccc4oc5c(-n6c7ccc(-c8ccccc8)cc7c7cc(-c8ccccc8)ccc76)cccc5c34)NC(c3ccccc3)=N2)cc1. The van der Waals surface area contributed by atoms with Gasteiger partial charge in [0, 0.05) is 38.2 Å². The lowest BCUT2D eigenvalue weighted by molar-refractivity contribution is 0.660. The van der Waals surface area contributed by atoms with E-state index in [1.54, 1.807) is 0 Å². The number of hydrogen-bond acceptors (Lipinski definition) is 4. The number of aromatic nitrogens is 1. The van der Waals surface area contributed by atoms with E-state index >= 15 is 0 Å². The number of fused-ring (bicyclic) bond motifs is 6. The predicted molar refractivity (Wildman–Crippen MR) is 231 cm³/mol. The quantitative estimate of drug-likeness (QED) is 0.186. The average Bonchev–Trinajstić information content (AvgIpc) is 3.83. The van der Waals surface area contributed by atoms with Gasteiger partial charge in [0.2, 0.25) is 0 Å². The Balaban J connectivity index is 1.12. The van der Waals surface area contributed by atoms with E-state index in [0.29, 0.717) is 5.84 Å².